The second-order valence-corrected chi connectivity index (χ2v) is 12.6. The zero-order chi connectivity index (χ0) is 37.0. The fraction of sp³-hybridized carbons (Fsp3) is 0.125. The van der Waals surface area contributed by atoms with Crippen LogP contribution in [0.2, 0.25) is 5.02 Å². The predicted molar refractivity (Wildman–Crippen MR) is 205 cm³/mol. The smallest absolute Gasteiger partial charge is 0.272 e. The van der Waals surface area contributed by atoms with Gasteiger partial charge in [0.1, 0.15) is 22.4 Å². The highest BCUT2D eigenvalue weighted by atomic mass is 35.5. The minimum Gasteiger partial charge on any atom is -0.496 e. The summed E-state index contributed by atoms with van der Waals surface area (Å²) in [5.41, 5.74) is 2.58. The maximum absolute atomic E-state index is 13.8. The topological polar surface area (TPSA) is 124 Å². The Kier molecular flexibility index (Phi) is 12.8. The van der Waals surface area contributed by atoms with Crippen molar-refractivity contribution in [3.8, 4) is 23.0 Å². The second-order valence-electron chi connectivity index (χ2n) is 11.1. The van der Waals surface area contributed by atoms with Crippen LogP contribution in [0.5, 0.6) is 23.0 Å². The summed E-state index contributed by atoms with van der Waals surface area (Å²) in [5, 5.41) is 8.31. The Hall–Kier alpha value is -5.91. The quantitative estimate of drug-likeness (QED) is 0.0769. The van der Waals surface area contributed by atoms with Crippen LogP contribution in [0.4, 0.5) is 11.4 Å². The van der Waals surface area contributed by atoms with E-state index in [1.807, 2.05) is 30.3 Å². The molecule has 3 amide bonds. The van der Waals surface area contributed by atoms with Gasteiger partial charge >= 0.3 is 0 Å². The Balaban J connectivity index is 1.38. The molecule has 0 bridgehead atoms. The lowest BCUT2D eigenvalue weighted by molar-refractivity contribution is -0.116. The Bertz CT molecular complexity index is 2060. The number of benzene rings is 5. The third-order valence-electron chi connectivity index (χ3n) is 7.69. The van der Waals surface area contributed by atoms with Gasteiger partial charge in [-0.2, -0.15) is 0 Å². The zero-order valence-corrected chi connectivity index (χ0v) is 30.3. The van der Waals surface area contributed by atoms with E-state index in [4.69, 9.17) is 30.5 Å². The molecule has 0 aliphatic heterocycles. The lowest BCUT2D eigenvalue weighted by Gasteiger charge is -2.18. The number of halogens is 1. The van der Waals surface area contributed by atoms with Gasteiger partial charge in [0.15, 0.2) is 11.5 Å². The molecule has 266 valence electrons. The van der Waals surface area contributed by atoms with E-state index in [0.717, 1.165) is 10.5 Å². The van der Waals surface area contributed by atoms with E-state index in [-0.39, 0.29) is 11.6 Å². The fourth-order valence-corrected chi connectivity index (χ4v) is 6.35. The molecule has 0 aliphatic rings. The Morgan fingerprint density at radius 1 is 0.654 bits per heavy atom. The van der Waals surface area contributed by atoms with Crippen LogP contribution in [0.25, 0.3) is 6.08 Å². The molecule has 5 rings (SSSR count). The summed E-state index contributed by atoms with van der Waals surface area (Å²) >= 11 is 7.64. The summed E-state index contributed by atoms with van der Waals surface area (Å²) in [6.45, 7) is 0. The number of amides is 3. The number of thioether (sulfide) groups is 1. The summed E-state index contributed by atoms with van der Waals surface area (Å²) in [7, 11) is 6.01. The lowest BCUT2D eigenvalue weighted by atomic mass is 10.1. The van der Waals surface area contributed by atoms with Crippen molar-refractivity contribution in [3.63, 3.8) is 0 Å². The number of hydrogen-bond donors (Lipinski definition) is 3. The number of nitrogens with one attached hydrogen (secondary N) is 3. The third kappa shape index (κ3) is 9.45. The molecular formula is C40H36ClN3O7S. The molecular weight excluding hydrogens is 702 g/mol. The van der Waals surface area contributed by atoms with Gasteiger partial charge in [0.2, 0.25) is 5.91 Å². The van der Waals surface area contributed by atoms with Gasteiger partial charge < -0.3 is 34.9 Å². The number of carbonyl (C=O) groups is 3. The molecule has 5 aromatic carbocycles. The summed E-state index contributed by atoms with van der Waals surface area (Å²) in [5.74, 6) is 0.437. The van der Waals surface area contributed by atoms with E-state index in [1.54, 1.807) is 84.9 Å². The molecule has 0 aliphatic carbocycles. The average molecular weight is 738 g/mol. The molecule has 10 nitrogen and oxygen atoms in total. The van der Waals surface area contributed by atoms with E-state index in [1.165, 1.54) is 46.3 Å². The van der Waals surface area contributed by atoms with Crippen LogP contribution in [-0.2, 0) is 9.59 Å². The lowest BCUT2D eigenvalue weighted by Crippen LogP contribution is -2.30. The van der Waals surface area contributed by atoms with Crippen LogP contribution in [0.15, 0.2) is 126 Å². The number of hydrogen-bond acceptors (Lipinski definition) is 8. The molecule has 0 saturated heterocycles. The van der Waals surface area contributed by atoms with E-state index >= 15 is 0 Å². The standard InChI is InChI=1S/C40H36ClN3O7S/c1-48-33-20-17-29(23-31(33)41)43-40(47)37(25-11-7-5-8-12-25)52-30-18-15-28(16-19-30)42-39(46)32(44-38(45)26-13-9-6-10-14-26)21-27-22-35(50-3)36(51-4)24-34(27)49-2/h5-24,37H,1-4H3,(H,42,46)(H,43,47)(H,44,45)/b32-21-. The molecule has 5 aromatic rings. The SMILES string of the molecule is COc1ccc(NC(=O)C(Sc2ccc(NC(=O)/C(=C/c3cc(OC)c(OC)cc3OC)NC(=O)c3ccccc3)cc2)c2ccccc2)cc1Cl. The fourth-order valence-electron chi connectivity index (χ4n) is 5.07. The summed E-state index contributed by atoms with van der Waals surface area (Å²) in [6.07, 6.45) is 1.50. The molecule has 0 heterocycles. The van der Waals surface area contributed by atoms with Crippen molar-refractivity contribution in [2.45, 2.75) is 10.1 Å². The van der Waals surface area contributed by atoms with Crippen molar-refractivity contribution in [1.29, 1.82) is 0 Å². The first-order chi connectivity index (χ1) is 25.2. The molecule has 3 N–H and O–H groups in total. The van der Waals surface area contributed by atoms with Crippen molar-refractivity contribution in [3.05, 3.63) is 143 Å². The molecule has 0 aromatic heterocycles. The zero-order valence-electron chi connectivity index (χ0n) is 28.8. The first-order valence-electron chi connectivity index (χ1n) is 15.9. The van der Waals surface area contributed by atoms with Gasteiger partial charge in [0.25, 0.3) is 11.8 Å². The second kappa shape index (κ2) is 17.8. The van der Waals surface area contributed by atoms with Crippen LogP contribution < -0.4 is 34.9 Å². The van der Waals surface area contributed by atoms with Crippen molar-refractivity contribution in [2.75, 3.05) is 39.1 Å². The van der Waals surface area contributed by atoms with Crippen LogP contribution in [-0.4, -0.2) is 46.2 Å². The molecule has 0 saturated carbocycles. The molecule has 0 radical (unpaired) electrons. The van der Waals surface area contributed by atoms with Gasteiger partial charge in [0, 0.05) is 33.5 Å². The molecule has 1 atom stereocenters. The first kappa shape index (κ1) is 37.3. The number of methoxy groups -OCH3 is 4. The van der Waals surface area contributed by atoms with Gasteiger partial charge in [-0.1, -0.05) is 60.1 Å². The highest BCUT2D eigenvalue weighted by Crippen LogP contribution is 2.38. The molecule has 12 heteroatoms. The molecule has 0 spiro atoms. The maximum atomic E-state index is 13.8. The maximum Gasteiger partial charge on any atom is 0.272 e. The van der Waals surface area contributed by atoms with Gasteiger partial charge in [-0.3, -0.25) is 14.4 Å². The van der Waals surface area contributed by atoms with Crippen LogP contribution in [0.1, 0.15) is 26.7 Å². The molecule has 1 unspecified atom stereocenters. The van der Waals surface area contributed by atoms with Crippen LogP contribution in [0, 0.1) is 0 Å². The molecule has 0 fully saturated rings. The minimum atomic E-state index is -0.610. The van der Waals surface area contributed by atoms with E-state index in [2.05, 4.69) is 16.0 Å². The average Bonchev–Trinajstić information content (AvgIpc) is 3.17. The van der Waals surface area contributed by atoms with Crippen LogP contribution >= 0.6 is 23.4 Å². The Labute approximate surface area is 311 Å². The van der Waals surface area contributed by atoms with Crippen molar-refractivity contribution < 1.29 is 33.3 Å². The minimum absolute atomic E-state index is 0.0442. The number of ether oxygens (including phenoxy) is 4. The van der Waals surface area contributed by atoms with Gasteiger partial charge in [-0.15, -0.1) is 11.8 Å². The van der Waals surface area contributed by atoms with E-state index < -0.39 is 17.1 Å². The highest BCUT2D eigenvalue weighted by Gasteiger charge is 2.23. The summed E-state index contributed by atoms with van der Waals surface area (Å²) in [4.78, 5) is 41.4. The monoisotopic (exact) mass is 737 g/mol. The Morgan fingerprint density at radius 3 is 1.87 bits per heavy atom. The van der Waals surface area contributed by atoms with E-state index in [0.29, 0.717) is 50.5 Å². The van der Waals surface area contributed by atoms with Gasteiger partial charge in [-0.05, 0) is 72.3 Å². The van der Waals surface area contributed by atoms with E-state index in [9.17, 15) is 14.4 Å². The van der Waals surface area contributed by atoms with Crippen molar-refractivity contribution in [1.82, 2.24) is 5.32 Å². The largest absolute Gasteiger partial charge is 0.496 e. The highest BCUT2D eigenvalue weighted by molar-refractivity contribution is 8.00. The number of carbonyl (C=O) groups excluding carboxylic acids is 3. The predicted octanol–water partition coefficient (Wildman–Crippen LogP) is 8.26. The van der Waals surface area contributed by atoms with Gasteiger partial charge in [0.05, 0.1) is 33.5 Å². The summed E-state index contributed by atoms with van der Waals surface area (Å²) in [6, 6.07) is 33.3. The number of rotatable bonds is 14. The molecule has 52 heavy (non-hydrogen) atoms. The third-order valence-corrected chi connectivity index (χ3v) is 9.25. The normalized spacial score (nSPS) is 11.5. The van der Waals surface area contributed by atoms with Crippen molar-refractivity contribution >= 4 is 58.5 Å². The number of anilines is 2. The van der Waals surface area contributed by atoms with Crippen molar-refractivity contribution in [2.24, 2.45) is 0 Å². The van der Waals surface area contributed by atoms with Gasteiger partial charge in [-0.25, -0.2) is 0 Å². The first-order valence-corrected chi connectivity index (χ1v) is 17.1. The Morgan fingerprint density at radius 2 is 1.25 bits per heavy atom. The summed E-state index contributed by atoms with van der Waals surface area (Å²) < 4.78 is 21.6. The van der Waals surface area contributed by atoms with Crippen LogP contribution in [0.3, 0.4) is 0 Å².